The van der Waals surface area contributed by atoms with Crippen LogP contribution in [0.2, 0.25) is 0 Å². The molecule has 0 radical (unpaired) electrons. The van der Waals surface area contributed by atoms with Gasteiger partial charge >= 0.3 is 0 Å². The van der Waals surface area contributed by atoms with Crippen molar-refractivity contribution in [1.29, 1.82) is 0 Å². The third-order valence-electron chi connectivity index (χ3n) is 1.51. The fourth-order valence-electron chi connectivity index (χ4n) is 0.798. The summed E-state index contributed by atoms with van der Waals surface area (Å²) < 4.78 is 0. The van der Waals surface area contributed by atoms with Crippen LogP contribution in [0.15, 0.2) is 11.6 Å². The van der Waals surface area contributed by atoms with Crippen molar-refractivity contribution in [1.82, 2.24) is 0 Å². The zero-order chi connectivity index (χ0) is 5.44. The van der Waals surface area contributed by atoms with E-state index in [1.807, 2.05) is 0 Å². The molecule has 40 valence electrons. The maximum absolute atomic E-state index is 3.51. The summed E-state index contributed by atoms with van der Waals surface area (Å²) in [6.45, 7) is 4.32. The molecular weight excluding hydrogens is 152 g/mol. The summed E-state index contributed by atoms with van der Waals surface area (Å²) in [6.07, 6.45) is 2.18. The molecule has 1 saturated carbocycles. The average Bonchev–Trinajstić information content (AvgIpc) is 2.17. The lowest BCUT2D eigenvalue weighted by Crippen LogP contribution is -1.59. The number of hydrogen-bond acceptors (Lipinski definition) is 0. The Bertz CT molecular complexity index is 94.7. The normalized spacial score (nSPS) is 44.7. The van der Waals surface area contributed by atoms with E-state index in [0.717, 1.165) is 5.92 Å². The lowest BCUT2D eigenvalue weighted by Gasteiger charge is -1.63. The second kappa shape index (κ2) is 1.62. The van der Waals surface area contributed by atoms with Crippen molar-refractivity contribution in [2.24, 2.45) is 5.92 Å². The molecule has 2 atom stereocenters. The van der Waals surface area contributed by atoms with Crippen molar-refractivity contribution in [3.63, 3.8) is 0 Å². The van der Waals surface area contributed by atoms with E-state index >= 15 is 0 Å². The van der Waals surface area contributed by atoms with Gasteiger partial charge in [0.1, 0.15) is 0 Å². The number of allylic oxidation sites excluding steroid dienone is 2. The summed E-state index contributed by atoms with van der Waals surface area (Å²) in [6, 6.07) is 0. The Kier molecular flexibility index (Phi) is 1.24. The van der Waals surface area contributed by atoms with E-state index in [2.05, 4.69) is 35.9 Å². The van der Waals surface area contributed by atoms with E-state index in [4.69, 9.17) is 0 Å². The molecule has 0 bridgehead atoms. The van der Waals surface area contributed by atoms with Gasteiger partial charge in [-0.3, -0.25) is 0 Å². The first kappa shape index (κ1) is 5.36. The average molecular weight is 161 g/mol. The second-order valence-corrected chi connectivity index (χ2v) is 2.97. The zero-order valence-corrected chi connectivity index (χ0v) is 6.20. The van der Waals surface area contributed by atoms with Crippen LogP contribution in [-0.2, 0) is 0 Å². The van der Waals surface area contributed by atoms with Crippen molar-refractivity contribution in [2.45, 2.75) is 18.7 Å². The molecule has 0 aliphatic heterocycles. The van der Waals surface area contributed by atoms with Crippen LogP contribution in [0.5, 0.6) is 0 Å². The first-order valence-corrected chi connectivity index (χ1v) is 3.49. The van der Waals surface area contributed by atoms with Crippen LogP contribution >= 0.6 is 15.9 Å². The molecule has 0 aromatic carbocycles. The molecule has 1 fully saturated rings. The van der Waals surface area contributed by atoms with Crippen molar-refractivity contribution in [3.05, 3.63) is 11.6 Å². The van der Waals surface area contributed by atoms with Crippen LogP contribution in [0.25, 0.3) is 0 Å². The molecule has 7 heavy (non-hydrogen) atoms. The van der Waals surface area contributed by atoms with Gasteiger partial charge < -0.3 is 0 Å². The molecule has 0 saturated heterocycles. The second-order valence-electron chi connectivity index (χ2n) is 1.98. The number of alkyl halides is 1. The third kappa shape index (κ3) is 0.742. The lowest BCUT2D eigenvalue weighted by atomic mass is 10.4. The van der Waals surface area contributed by atoms with Gasteiger partial charge in [-0.25, -0.2) is 0 Å². The first-order valence-electron chi connectivity index (χ1n) is 2.57. The summed E-state index contributed by atoms with van der Waals surface area (Å²) in [4.78, 5) is 0.706. The molecule has 1 aliphatic carbocycles. The maximum atomic E-state index is 3.51. The lowest BCUT2D eigenvalue weighted by molar-refractivity contribution is 1.03. The van der Waals surface area contributed by atoms with Gasteiger partial charge in [-0.2, -0.15) is 0 Å². The fourth-order valence-corrected chi connectivity index (χ4v) is 1.63. The van der Waals surface area contributed by atoms with E-state index in [1.54, 1.807) is 5.57 Å². The van der Waals surface area contributed by atoms with Gasteiger partial charge in [0.2, 0.25) is 0 Å². The summed E-state index contributed by atoms with van der Waals surface area (Å²) in [5, 5.41) is 0. The highest BCUT2D eigenvalue weighted by Gasteiger charge is 2.36. The highest BCUT2D eigenvalue weighted by atomic mass is 79.9. The first-order chi connectivity index (χ1) is 3.27. The van der Waals surface area contributed by atoms with Gasteiger partial charge in [-0.1, -0.05) is 34.5 Å². The van der Waals surface area contributed by atoms with Crippen molar-refractivity contribution < 1.29 is 0 Å². The SMILES string of the molecule is C/C=C1/C(C)C1Br. The number of halogens is 1. The summed E-state index contributed by atoms with van der Waals surface area (Å²) >= 11 is 3.51. The minimum absolute atomic E-state index is 0.706. The molecule has 1 aliphatic rings. The van der Waals surface area contributed by atoms with Gasteiger partial charge in [0, 0.05) is 4.83 Å². The molecule has 1 heteroatoms. The Morgan fingerprint density at radius 2 is 2.14 bits per heavy atom. The molecule has 2 unspecified atom stereocenters. The quantitative estimate of drug-likeness (QED) is 0.377. The fraction of sp³-hybridized carbons (Fsp3) is 0.667. The predicted octanol–water partition coefficient (Wildman–Crippen LogP) is 2.35. The smallest absolute Gasteiger partial charge is 0.0420 e. The Hall–Kier alpha value is 0.220. The molecule has 0 amide bonds. The third-order valence-corrected chi connectivity index (χ3v) is 2.83. The van der Waals surface area contributed by atoms with Gasteiger partial charge in [0.05, 0.1) is 0 Å². The number of rotatable bonds is 0. The summed E-state index contributed by atoms with van der Waals surface area (Å²) in [5.41, 5.74) is 1.56. The van der Waals surface area contributed by atoms with Crippen LogP contribution in [0.4, 0.5) is 0 Å². The highest BCUT2D eigenvalue weighted by Crippen LogP contribution is 2.43. The minimum Gasteiger partial charge on any atom is -0.0870 e. The van der Waals surface area contributed by atoms with Crippen LogP contribution in [-0.4, -0.2) is 4.83 Å². The van der Waals surface area contributed by atoms with E-state index in [9.17, 15) is 0 Å². The highest BCUT2D eigenvalue weighted by molar-refractivity contribution is 9.09. The van der Waals surface area contributed by atoms with Crippen molar-refractivity contribution >= 4 is 15.9 Å². The van der Waals surface area contributed by atoms with Crippen LogP contribution < -0.4 is 0 Å². The van der Waals surface area contributed by atoms with E-state index in [0.29, 0.717) is 4.83 Å². The standard InChI is InChI=1S/C6H9Br/c1-3-5-4(2)6(5)7/h3-4,6H,1-2H3/b5-3-. The molecule has 1 rings (SSSR count). The Labute approximate surface area is 52.7 Å². The Morgan fingerprint density at radius 3 is 2.14 bits per heavy atom. The van der Waals surface area contributed by atoms with Gasteiger partial charge in [-0.15, -0.1) is 0 Å². The van der Waals surface area contributed by atoms with Crippen LogP contribution in [0.3, 0.4) is 0 Å². The maximum Gasteiger partial charge on any atom is 0.0420 e. The Morgan fingerprint density at radius 1 is 1.71 bits per heavy atom. The predicted molar refractivity (Wildman–Crippen MR) is 35.6 cm³/mol. The Balaban J connectivity index is 2.54. The van der Waals surface area contributed by atoms with Gasteiger partial charge in [0.15, 0.2) is 0 Å². The summed E-state index contributed by atoms with van der Waals surface area (Å²) in [5.74, 6) is 0.810. The van der Waals surface area contributed by atoms with Crippen LogP contribution in [0, 0.1) is 5.92 Å². The van der Waals surface area contributed by atoms with Crippen molar-refractivity contribution in [2.75, 3.05) is 0 Å². The monoisotopic (exact) mass is 160 g/mol. The summed E-state index contributed by atoms with van der Waals surface area (Å²) in [7, 11) is 0. The zero-order valence-electron chi connectivity index (χ0n) is 4.61. The topological polar surface area (TPSA) is 0 Å². The molecule has 0 aromatic rings. The van der Waals surface area contributed by atoms with Gasteiger partial charge in [-0.05, 0) is 12.8 Å². The van der Waals surface area contributed by atoms with Crippen molar-refractivity contribution in [3.8, 4) is 0 Å². The molecule has 0 aromatic heterocycles. The van der Waals surface area contributed by atoms with E-state index < -0.39 is 0 Å². The molecule has 0 spiro atoms. The molecule has 0 heterocycles. The largest absolute Gasteiger partial charge is 0.0870 e. The van der Waals surface area contributed by atoms with E-state index in [1.165, 1.54) is 0 Å². The molecular formula is C6H9Br. The van der Waals surface area contributed by atoms with Crippen LogP contribution in [0.1, 0.15) is 13.8 Å². The van der Waals surface area contributed by atoms with Gasteiger partial charge in [0.25, 0.3) is 0 Å². The number of hydrogen-bond donors (Lipinski definition) is 0. The minimum atomic E-state index is 0.706. The molecule has 0 nitrogen and oxygen atoms in total. The molecule has 0 N–H and O–H groups in total. The van der Waals surface area contributed by atoms with E-state index in [-0.39, 0.29) is 0 Å².